The molecule has 0 saturated heterocycles. The minimum absolute atomic E-state index is 0.0823. The molecule has 1 aromatic rings. The molecule has 0 radical (unpaired) electrons. The third-order valence-electron chi connectivity index (χ3n) is 2.63. The molecule has 0 aliphatic rings. The van der Waals surface area contributed by atoms with Crippen molar-refractivity contribution < 1.29 is 9.00 Å². The van der Waals surface area contributed by atoms with E-state index in [0.29, 0.717) is 17.9 Å². The first kappa shape index (κ1) is 15.7. The predicted molar refractivity (Wildman–Crippen MR) is 81.1 cm³/mol. The molecule has 19 heavy (non-hydrogen) atoms. The first-order valence-corrected chi connectivity index (χ1v) is 8.29. The summed E-state index contributed by atoms with van der Waals surface area (Å²) in [6, 6.07) is 7.49. The van der Waals surface area contributed by atoms with Gasteiger partial charge in [-0.15, -0.1) is 0 Å². The van der Waals surface area contributed by atoms with Crippen LogP contribution in [0.2, 0.25) is 0 Å². The lowest BCUT2D eigenvalue weighted by atomic mass is 10.1. The second kappa shape index (κ2) is 8.69. The SMILES string of the molecule is CCCNc1ccccc1C(=O)NCCCS(C)=O. The van der Waals surface area contributed by atoms with Crippen LogP contribution in [0.3, 0.4) is 0 Å². The number of rotatable bonds is 8. The van der Waals surface area contributed by atoms with Crippen molar-refractivity contribution in [1.29, 1.82) is 0 Å². The van der Waals surface area contributed by atoms with Crippen LogP contribution < -0.4 is 10.6 Å². The van der Waals surface area contributed by atoms with Crippen molar-refractivity contribution in [3.8, 4) is 0 Å². The molecule has 0 spiro atoms. The zero-order chi connectivity index (χ0) is 14.1. The van der Waals surface area contributed by atoms with Gasteiger partial charge >= 0.3 is 0 Å². The maximum absolute atomic E-state index is 12.0. The third kappa shape index (κ3) is 5.87. The Balaban J connectivity index is 2.53. The van der Waals surface area contributed by atoms with E-state index in [9.17, 15) is 9.00 Å². The number of anilines is 1. The van der Waals surface area contributed by atoms with Crippen LogP contribution in [0.15, 0.2) is 24.3 Å². The van der Waals surface area contributed by atoms with Gasteiger partial charge < -0.3 is 10.6 Å². The Labute approximate surface area is 117 Å². The topological polar surface area (TPSA) is 58.2 Å². The molecular formula is C14H22N2O2S. The number of para-hydroxylation sites is 1. The van der Waals surface area contributed by atoms with Gasteiger partial charge in [-0.1, -0.05) is 19.1 Å². The van der Waals surface area contributed by atoms with Gasteiger partial charge in [0.05, 0.1) is 5.56 Å². The Morgan fingerprint density at radius 3 is 2.68 bits per heavy atom. The van der Waals surface area contributed by atoms with Gasteiger partial charge in [0.15, 0.2) is 0 Å². The van der Waals surface area contributed by atoms with Gasteiger partial charge in [0.1, 0.15) is 0 Å². The highest BCUT2D eigenvalue weighted by Crippen LogP contribution is 2.14. The molecule has 106 valence electrons. The minimum Gasteiger partial charge on any atom is -0.384 e. The minimum atomic E-state index is -0.797. The van der Waals surface area contributed by atoms with Crippen molar-refractivity contribution in [2.75, 3.05) is 30.4 Å². The fraction of sp³-hybridized carbons (Fsp3) is 0.500. The van der Waals surface area contributed by atoms with Crippen molar-refractivity contribution in [2.24, 2.45) is 0 Å². The van der Waals surface area contributed by atoms with Gasteiger partial charge in [-0.25, -0.2) is 0 Å². The number of hydrogen-bond donors (Lipinski definition) is 2. The second-order valence-corrected chi connectivity index (χ2v) is 5.91. The fourth-order valence-electron chi connectivity index (χ4n) is 1.67. The van der Waals surface area contributed by atoms with Gasteiger partial charge in [-0.3, -0.25) is 9.00 Å². The molecule has 0 bridgehead atoms. The summed E-state index contributed by atoms with van der Waals surface area (Å²) in [5, 5.41) is 6.10. The molecule has 0 saturated carbocycles. The molecule has 1 amide bonds. The predicted octanol–water partition coefficient (Wildman–Crippen LogP) is 2.01. The summed E-state index contributed by atoms with van der Waals surface area (Å²) in [6.07, 6.45) is 3.42. The van der Waals surface area contributed by atoms with E-state index in [1.165, 1.54) is 0 Å². The Hall–Kier alpha value is -1.36. The zero-order valence-electron chi connectivity index (χ0n) is 11.6. The van der Waals surface area contributed by atoms with Crippen molar-refractivity contribution in [2.45, 2.75) is 19.8 Å². The van der Waals surface area contributed by atoms with Crippen LogP contribution in [0.25, 0.3) is 0 Å². The molecule has 1 unspecified atom stereocenters. The molecule has 0 aromatic heterocycles. The smallest absolute Gasteiger partial charge is 0.253 e. The average Bonchev–Trinajstić information content (AvgIpc) is 2.41. The molecule has 0 aliphatic heterocycles. The Morgan fingerprint density at radius 2 is 2.00 bits per heavy atom. The highest BCUT2D eigenvalue weighted by atomic mass is 32.2. The third-order valence-corrected chi connectivity index (χ3v) is 3.49. The number of carbonyl (C=O) groups is 1. The van der Waals surface area contributed by atoms with Crippen LogP contribution in [0, 0.1) is 0 Å². The van der Waals surface area contributed by atoms with Crippen LogP contribution in [-0.2, 0) is 10.8 Å². The van der Waals surface area contributed by atoms with Crippen molar-refractivity contribution in [3.63, 3.8) is 0 Å². The molecule has 0 fully saturated rings. The first-order valence-electron chi connectivity index (χ1n) is 6.56. The summed E-state index contributed by atoms with van der Waals surface area (Å²) < 4.78 is 10.9. The number of hydrogen-bond acceptors (Lipinski definition) is 3. The molecule has 0 aliphatic carbocycles. The molecule has 5 heteroatoms. The molecule has 0 heterocycles. The molecule has 1 atom stereocenters. The molecule has 4 nitrogen and oxygen atoms in total. The lowest BCUT2D eigenvalue weighted by Crippen LogP contribution is -2.26. The summed E-state index contributed by atoms with van der Waals surface area (Å²) in [6.45, 7) is 3.49. The van der Waals surface area contributed by atoms with Crippen LogP contribution in [0.5, 0.6) is 0 Å². The number of nitrogens with one attached hydrogen (secondary N) is 2. The summed E-state index contributed by atoms with van der Waals surface area (Å²) in [5.41, 5.74) is 1.52. The standard InChI is InChI=1S/C14H22N2O2S/c1-3-9-15-13-8-5-4-7-12(13)14(17)16-10-6-11-19(2)18/h4-5,7-8,15H,3,6,9-11H2,1-2H3,(H,16,17). The van der Waals surface area contributed by atoms with Crippen molar-refractivity contribution >= 4 is 22.4 Å². The average molecular weight is 282 g/mol. The molecule has 1 aromatic carbocycles. The molecular weight excluding hydrogens is 260 g/mol. The fourth-order valence-corrected chi connectivity index (χ4v) is 2.22. The monoisotopic (exact) mass is 282 g/mol. The lowest BCUT2D eigenvalue weighted by molar-refractivity contribution is 0.0954. The van der Waals surface area contributed by atoms with Crippen LogP contribution in [0.1, 0.15) is 30.1 Å². The van der Waals surface area contributed by atoms with Gasteiger partial charge in [-0.05, 0) is 25.0 Å². The first-order chi connectivity index (χ1) is 9.15. The van der Waals surface area contributed by atoms with E-state index in [0.717, 1.165) is 25.1 Å². The van der Waals surface area contributed by atoms with E-state index in [1.54, 1.807) is 6.26 Å². The van der Waals surface area contributed by atoms with Gasteiger partial charge in [-0.2, -0.15) is 0 Å². The van der Waals surface area contributed by atoms with E-state index in [2.05, 4.69) is 17.6 Å². The van der Waals surface area contributed by atoms with Gasteiger partial charge in [0, 0.05) is 41.6 Å². The quantitative estimate of drug-likeness (QED) is 0.717. The van der Waals surface area contributed by atoms with Crippen LogP contribution in [-0.4, -0.2) is 35.2 Å². The van der Waals surface area contributed by atoms with E-state index < -0.39 is 10.8 Å². The number of benzene rings is 1. The number of carbonyl (C=O) groups excluding carboxylic acids is 1. The summed E-state index contributed by atoms with van der Waals surface area (Å²) in [4.78, 5) is 12.0. The largest absolute Gasteiger partial charge is 0.384 e. The van der Waals surface area contributed by atoms with E-state index in [1.807, 2.05) is 24.3 Å². The second-order valence-electron chi connectivity index (χ2n) is 4.36. The number of amides is 1. The van der Waals surface area contributed by atoms with Crippen LogP contribution >= 0.6 is 0 Å². The summed E-state index contributed by atoms with van der Waals surface area (Å²) >= 11 is 0. The highest BCUT2D eigenvalue weighted by molar-refractivity contribution is 7.84. The van der Waals surface area contributed by atoms with E-state index in [4.69, 9.17) is 0 Å². The van der Waals surface area contributed by atoms with Gasteiger partial charge in [0.2, 0.25) is 0 Å². The van der Waals surface area contributed by atoms with E-state index >= 15 is 0 Å². The lowest BCUT2D eigenvalue weighted by Gasteiger charge is -2.11. The molecule has 1 rings (SSSR count). The molecule has 2 N–H and O–H groups in total. The van der Waals surface area contributed by atoms with E-state index in [-0.39, 0.29) is 5.91 Å². The zero-order valence-corrected chi connectivity index (χ0v) is 12.4. The Morgan fingerprint density at radius 1 is 1.26 bits per heavy atom. The van der Waals surface area contributed by atoms with Gasteiger partial charge in [0.25, 0.3) is 5.91 Å². The Bertz CT molecular complexity index is 435. The summed E-state index contributed by atoms with van der Waals surface area (Å²) in [5.74, 6) is 0.539. The maximum Gasteiger partial charge on any atom is 0.253 e. The maximum atomic E-state index is 12.0. The van der Waals surface area contributed by atoms with Crippen molar-refractivity contribution in [1.82, 2.24) is 5.32 Å². The summed E-state index contributed by atoms with van der Waals surface area (Å²) in [7, 11) is -0.797. The normalized spacial score (nSPS) is 11.9. The van der Waals surface area contributed by atoms with Crippen LogP contribution in [0.4, 0.5) is 5.69 Å². The Kier molecular flexibility index (Phi) is 7.18. The van der Waals surface area contributed by atoms with Crippen molar-refractivity contribution in [3.05, 3.63) is 29.8 Å². The highest BCUT2D eigenvalue weighted by Gasteiger charge is 2.09.